The number of hydrogen-bond donors (Lipinski definition) is 1. The lowest BCUT2D eigenvalue weighted by Crippen LogP contribution is -2.41. The van der Waals surface area contributed by atoms with Crippen LogP contribution in [-0.2, 0) is 4.74 Å². The van der Waals surface area contributed by atoms with Gasteiger partial charge in [-0.3, -0.25) is 0 Å². The summed E-state index contributed by atoms with van der Waals surface area (Å²) >= 11 is 1.81. The minimum atomic E-state index is 0.158. The fourth-order valence-corrected chi connectivity index (χ4v) is 3.95. The Morgan fingerprint density at radius 3 is 2.64 bits per heavy atom. The van der Waals surface area contributed by atoms with Gasteiger partial charge < -0.3 is 14.8 Å². The largest absolute Gasteiger partial charge is 0.496 e. The van der Waals surface area contributed by atoms with Crippen molar-refractivity contribution in [1.29, 1.82) is 0 Å². The average Bonchev–Trinajstić information content (AvgIpc) is 2.61. The molecule has 4 heteroatoms. The van der Waals surface area contributed by atoms with E-state index in [0.29, 0.717) is 0 Å². The second-order valence-corrected chi connectivity index (χ2v) is 6.40. The first kappa shape index (κ1) is 15.4. The molecule has 1 aliphatic heterocycles. The Balaban J connectivity index is 1.88. The van der Waals surface area contributed by atoms with Gasteiger partial charge in [0.15, 0.2) is 0 Å². The van der Waals surface area contributed by atoms with Crippen molar-refractivity contribution in [3.05, 3.63) is 60.2 Å². The van der Waals surface area contributed by atoms with Gasteiger partial charge in [-0.1, -0.05) is 42.5 Å². The van der Waals surface area contributed by atoms with Crippen LogP contribution in [0, 0.1) is 0 Å². The molecule has 1 unspecified atom stereocenters. The molecular weight excluding hydrogens is 294 g/mol. The zero-order chi connectivity index (χ0) is 15.2. The van der Waals surface area contributed by atoms with E-state index in [1.165, 1.54) is 5.56 Å². The Bertz CT molecular complexity index is 585. The van der Waals surface area contributed by atoms with Crippen LogP contribution in [0.3, 0.4) is 0 Å². The highest BCUT2D eigenvalue weighted by molar-refractivity contribution is 7.99. The highest BCUT2D eigenvalue weighted by atomic mass is 32.2. The third-order valence-corrected chi connectivity index (χ3v) is 5.17. The molecule has 2 atom stereocenters. The van der Waals surface area contributed by atoms with Crippen LogP contribution in [0.25, 0.3) is 0 Å². The number of morpholine rings is 1. The minimum absolute atomic E-state index is 0.158. The molecule has 0 radical (unpaired) electrons. The van der Waals surface area contributed by atoms with Gasteiger partial charge in [0.05, 0.1) is 30.0 Å². The maximum absolute atomic E-state index is 6.02. The topological polar surface area (TPSA) is 30.5 Å². The Morgan fingerprint density at radius 1 is 1.14 bits per heavy atom. The Kier molecular flexibility index (Phi) is 5.38. The van der Waals surface area contributed by atoms with Crippen molar-refractivity contribution >= 4 is 11.8 Å². The molecule has 1 N–H and O–H groups in total. The van der Waals surface area contributed by atoms with Crippen molar-refractivity contribution in [2.24, 2.45) is 0 Å². The van der Waals surface area contributed by atoms with Gasteiger partial charge in [-0.05, 0) is 17.7 Å². The molecule has 1 aliphatic rings. The van der Waals surface area contributed by atoms with E-state index < -0.39 is 0 Å². The van der Waals surface area contributed by atoms with Crippen LogP contribution in [0.15, 0.2) is 59.5 Å². The molecule has 1 heterocycles. The van der Waals surface area contributed by atoms with E-state index >= 15 is 0 Å². The van der Waals surface area contributed by atoms with Gasteiger partial charge in [0, 0.05) is 13.1 Å². The van der Waals surface area contributed by atoms with Crippen molar-refractivity contribution < 1.29 is 9.47 Å². The van der Waals surface area contributed by atoms with Gasteiger partial charge in [-0.2, -0.15) is 0 Å². The number of nitrogens with one attached hydrogen (secondary N) is 1. The first-order chi connectivity index (χ1) is 10.9. The van der Waals surface area contributed by atoms with Crippen molar-refractivity contribution in [2.75, 3.05) is 26.8 Å². The molecule has 116 valence electrons. The van der Waals surface area contributed by atoms with E-state index in [1.807, 2.05) is 36.0 Å². The fourth-order valence-electron chi connectivity index (χ4n) is 2.63. The Morgan fingerprint density at radius 2 is 1.91 bits per heavy atom. The van der Waals surface area contributed by atoms with E-state index in [2.05, 4.69) is 35.6 Å². The zero-order valence-electron chi connectivity index (χ0n) is 12.7. The van der Waals surface area contributed by atoms with Crippen molar-refractivity contribution in [3.63, 3.8) is 0 Å². The molecule has 0 bridgehead atoms. The molecule has 0 amide bonds. The van der Waals surface area contributed by atoms with Gasteiger partial charge in [0.2, 0.25) is 0 Å². The van der Waals surface area contributed by atoms with E-state index in [4.69, 9.17) is 9.47 Å². The second-order valence-electron chi connectivity index (χ2n) is 5.21. The molecule has 1 saturated heterocycles. The lowest BCUT2D eigenvalue weighted by Gasteiger charge is -2.31. The molecule has 1 fully saturated rings. The van der Waals surface area contributed by atoms with Crippen LogP contribution in [0.1, 0.15) is 10.8 Å². The van der Waals surface area contributed by atoms with Gasteiger partial charge in [0.1, 0.15) is 5.75 Å². The number of para-hydroxylation sites is 1. The fraction of sp³-hybridized carbons (Fsp3) is 0.333. The van der Waals surface area contributed by atoms with Crippen molar-refractivity contribution in [2.45, 2.75) is 16.2 Å². The van der Waals surface area contributed by atoms with Crippen LogP contribution in [-0.4, -0.2) is 32.9 Å². The number of ether oxygens (including phenoxy) is 2. The molecular formula is C18H21NO2S. The highest BCUT2D eigenvalue weighted by Gasteiger charge is 2.27. The SMILES string of the molecule is COc1ccccc1SC(c1ccccc1)[C@H]1CNCCO1. The molecule has 0 aliphatic carbocycles. The summed E-state index contributed by atoms with van der Waals surface area (Å²) < 4.78 is 11.5. The van der Waals surface area contributed by atoms with Crippen LogP contribution in [0.2, 0.25) is 0 Å². The summed E-state index contributed by atoms with van der Waals surface area (Å²) in [7, 11) is 1.72. The van der Waals surface area contributed by atoms with Crippen LogP contribution in [0.5, 0.6) is 5.75 Å². The zero-order valence-corrected chi connectivity index (χ0v) is 13.5. The molecule has 22 heavy (non-hydrogen) atoms. The van der Waals surface area contributed by atoms with Crippen LogP contribution < -0.4 is 10.1 Å². The van der Waals surface area contributed by atoms with E-state index in [1.54, 1.807) is 7.11 Å². The third-order valence-electron chi connectivity index (χ3n) is 3.75. The number of rotatable bonds is 5. The summed E-state index contributed by atoms with van der Waals surface area (Å²) in [5.74, 6) is 0.914. The van der Waals surface area contributed by atoms with Gasteiger partial charge in [-0.15, -0.1) is 11.8 Å². The smallest absolute Gasteiger partial charge is 0.132 e. The summed E-state index contributed by atoms with van der Waals surface area (Å²) in [6.07, 6.45) is 0.158. The summed E-state index contributed by atoms with van der Waals surface area (Å²) in [6.45, 7) is 2.57. The summed E-state index contributed by atoms with van der Waals surface area (Å²) in [5.41, 5.74) is 1.28. The van der Waals surface area contributed by atoms with E-state index in [-0.39, 0.29) is 11.4 Å². The summed E-state index contributed by atoms with van der Waals surface area (Å²) in [6, 6.07) is 18.7. The van der Waals surface area contributed by atoms with Crippen LogP contribution in [0.4, 0.5) is 0 Å². The normalized spacial score (nSPS) is 19.6. The maximum atomic E-state index is 6.02. The molecule has 2 aromatic rings. The quantitative estimate of drug-likeness (QED) is 0.855. The standard InChI is InChI=1S/C18H21NO2S/c1-20-15-9-5-6-10-17(15)22-18(14-7-3-2-4-8-14)16-13-19-11-12-21-16/h2-10,16,18-19H,11-13H2,1H3/t16-,18?/m1/s1. The van der Waals surface area contributed by atoms with Gasteiger partial charge >= 0.3 is 0 Å². The molecule has 3 nitrogen and oxygen atoms in total. The van der Waals surface area contributed by atoms with E-state index in [0.717, 1.165) is 30.3 Å². The number of hydrogen-bond acceptors (Lipinski definition) is 4. The predicted octanol–water partition coefficient (Wildman–Crippen LogP) is 3.52. The minimum Gasteiger partial charge on any atom is -0.496 e. The lowest BCUT2D eigenvalue weighted by atomic mass is 10.1. The number of benzene rings is 2. The van der Waals surface area contributed by atoms with Gasteiger partial charge in [-0.25, -0.2) is 0 Å². The number of thioether (sulfide) groups is 1. The number of methoxy groups -OCH3 is 1. The van der Waals surface area contributed by atoms with Crippen molar-refractivity contribution in [1.82, 2.24) is 5.32 Å². The Hall–Kier alpha value is -1.49. The first-order valence-electron chi connectivity index (χ1n) is 7.55. The molecule has 3 rings (SSSR count). The maximum Gasteiger partial charge on any atom is 0.132 e. The lowest BCUT2D eigenvalue weighted by molar-refractivity contribution is 0.0273. The Labute approximate surface area is 136 Å². The van der Waals surface area contributed by atoms with Crippen molar-refractivity contribution in [3.8, 4) is 5.75 Å². The summed E-state index contributed by atoms with van der Waals surface area (Å²) in [4.78, 5) is 1.15. The average molecular weight is 315 g/mol. The molecule has 0 aromatic heterocycles. The predicted molar refractivity (Wildman–Crippen MR) is 90.6 cm³/mol. The van der Waals surface area contributed by atoms with Gasteiger partial charge in [0.25, 0.3) is 0 Å². The second kappa shape index (κ2) is 7.68. The van der Waals surface area contributed by atoms with Crippen LogP contribution >= 0.6 is 11.8 Å². The molecule has 2 aromatic carbocycles. The third kappa shape index (κ3) is 3.64. The molecule has 0 spiro atoms. The van der Waals surface area contributed by atoms with E-state index in [9.17, 15) is 0 Å². The monoisotopic (exact) mass is 315 g/mol. The first-order valence-corrected chi connectivity index (χ1v) is 8.43. The molecule has 0 saturated carbocycles. The highest BCUT2D eigenvalue weighted by Crippen LogP contribution is 2.42. The summed E-state index contributed by atoms with van der Waals surface area (Å²) in [5, 5.41) is 3.67.